The van der Waals surface area contributed by atoms with E-state index in [1.165, 1.54) is 44.5 Å². The lowest BCUT2D eigenvalue weighted by molar-refractivity contribution is 0.949. The van der Waals surface area contributed by atoms with Gasteiger partial charge in [0.25, 0.3) is 0 Å². The van der Waals surface area contributed by atoms with Gasteiger partial charge < -0.3 is 0 Å². The maximum atomic E-state index is 2.38. The van der Waals surface area contributed by atoms with Crippen LogP contribution in [-0.2, 0) is 25.7 Å². The lowest BCUT2D eigenvalue weighted by Crippen LogP contribution is -1.98. The SMILES string of the molecule is CC1=Cc2c(CCc3cccc4c3C=C(C)C4)cccc2C1. The summed E-state index contributed by atoms with van der Waals surface area (Å²) in [4.78, 5) is 0. The van der Waals surface area contributed by atoms with Crippen LogP contribution in [0.1, 0.15) is 47.2 Å². The fourth-order valence-electron chi connectivity index (χ4n) is 3.91. The molecular formula is C22H22. The van der Waals surface area contributed by atoms with Crippen molar-refractivity contribution in [2.24, 2.45) is 0 Å². The summed E-state index contributed by atoms with van der Waals surface area (Å²) in [6, 6.07) is 13.6. The maximum Gasteiger partial charge on any atom is -0.00605 e. The van der Waals surface area contributed by atoms with E-state index < -0.39 is 0 Å². The zero-order chi connectivity index (χ0) is 15.1. The third kappa shape index (κ3) is 2.33. The summed E-state index contributed by atoms with van der Waals surface area (Å²) in [6.07, 6.45) is 9.29. The third-order valence-corrected chi connectivity index (χ3v) is 4.96. The molecule has 0 unspecified atom stereocenters. The van der Waals surface area contributed by atoms with Crippen LogP contribution in [0.4, 0.5) is 0 Å². The van der Waals surface area contributed by atoms with Gasteiger partial charge in [-0.15, -0.1) is 0 Å². The minimum absolute atomic E-state index is 1.13. The Morgan fingerprint density at radius 2 is 1.14 bits per heavy atom. The number of hydrogen-bond acceptors (Lipinski definition) is 0. The van der Waals surface area contributed by atoms with Crippen molar-refractivity contribution in [2.45, 2.75) is 39.5 Å². The van der Waals surface area contributed by atoms with Crippen LogP contribution >= 0.6 is 0 Å². The van der Waals surface area contributed by atoms with Crippen molar-refractivity contribution in [2.75, 3.05) is 0 Å². The second-order valence-corrected chi connectivity index (χ2v) is 6.81. The van der Waals surface area contributed by atoms with E-state index in [4.69, 9.17) is 0 Å². The number of rotatable bonds is 3. The summed E-state index contributed by atoms with van der Waals surface area (Å²) in [7, 11) is 0. The van der Waals surface area contributed by atoms with Crippen LogP contribution < -0.4 is 0 Å². The molecule has 110 valence electrons. The van der Waals surface area contributed by atoms with Gasteiger partial charge in [-0.25, -0.2) is 0 Å². The molecule has 0 fully saturated rings. The number of allylic oxidation sites excluding steroid dienone is 2. The van der Waals surface area contributed by atoms with E-state index in [2.05, 4.69) is 62.4 Å². The van der Waals surface area contributed by atoms with Gasteiger partial charge in [0.15, 0.2) is 0 Å². The van der Waals surface area contributed by atoms with Gasteiger partial charge in [-0.3, -0.25) is 0 Å². The molecule has 0 saturated carbocycles. The predicted octanol–water partition coefficient (Wildman–Crippen LogP) is 5.39. The normalized spacial score (nSPS) is 15.4. The highest BCUT2D eigenvalue weighted by molar-refractivity contribution is 5.68. The Kier molecular flexibility index (Phi) is 3.26. The van der Waals surface area contributed by atoms with Crippen molar-refractivity contribution in [3.8, 4) is 0 Å². The molecule has 0 radical (unpaired) electrons. The molecule has 0 aromatic heterocycles. The smallest absolute Gasteiger partial charge is 0.00605 e. The van der Waals surface area contributed by atoms with Crippen LogP contribution in [0, 0.1) is 0 Å². The molecule has 2 aliphatic carbocycles. The Morgan fingerprint density at radius 1 is 0.682 bits per heavy atom. The van der Waals surface area contributed by atoms with Crippen LogP contribution in [0.3, 0.4) is 0 Å². The van der Waals surface area contributed by atoms with Crippen molar-refractivity contribution in [3.63, 3.8) is 0 Å². The number of benzene rings is 2. The highest BCUT2D eigenvalue weighted by Gasteiger charge is 2.15. The van der Waals surface area contributed by atoms with Gasteiger partial charge >= 0.3 is 0 Å². The van der Waals surface area contributed by atoms with Crippen LogP contribution in [0.15, 0.2) is 47.5 Å². The van der Waals surface area contributed by atoms with Gasteiger partial charge in [0, 0.05) is 0 Å². The first-order chi connectivity index (χ1) is 10.7. The molecule has 0 saturated heterocycles. The topological polar surface area (TPSA) is 0 Å². The standard InChI is InChI=1S/C22H22/c1-15-11-19-7-3-5-17(21(19)13-15)9-10-18-6-4-8-20-12-16(2)14-22(18)20/h3-8,13-14H,9-12H2,1-2H3. The minimum Gasteiger partial charge on any atom is -0.0683 e. The minimum atomic E-state index is 1.13. The average Bonchev–Trinajstić information content (AvgIpc) is 3.06. The maximum absolute atomic E-state index is 2.38. The number of hydrogen-bond donors (Lipinski definition) is 0. The molecule has 0 amide bonds. The lowest BCUT2D eigenvalue weighted by atomic mass is 9.94. The van der Waals surface area contributed by atoms with E-state index in [1.807, 2.05) is 0 Å². The Morgan fingerprint density at radius 3 is 1.59 bits per heavy atom. The Labute approximate surface area is 133 Å². The number of aryl methyl sites for hydroxylation is 2. The van der Waals surface area contributed by atoms with E-state index >= 15 is 0 Å². The molecule has 2 aromatic rings. The van der Waals surface area contributed by atoms with Gasteiger partial charge in [0.1, 0.15) is 0 Å². The van der Waals surface area contributed by atoms with Crippen molar-refractivity contribution in [1.29, 1.82) is 0 Å². The second-order valence-electron chi connectivity index (χ2n) is 6.81. The first kappa shape index (κ1) is 13.6. The van der Waals surface area contributed by atoms with Crippen LogP contribution in [0.5, 0.6) is 0 Å². The van der Waals surface area contributed by atoms with E-state index in [9.17, 15) is 0 Å². The lowest BCUT2D eigenvalue weighted by Gasteiger charge is -2.10. The first-order valence-electron chi connectivity index (χ1n) is 8.26. The third-order valence-electron chi connectivity index (χ3n) is 4.96. The molecule has 4 rings (SSSR count). The van der Waals surface area contributed by atoms with Gasteiger partial charge in [0.2, 0.25) is 0 Å². The second kappa shape index (κ2) is 5.28. The van der Waals surface area contributed by atoms with Gasteiger partial charge in [-0.2, -0.15) is 0 Å². The molecular weight excluding hydrogens is 264 g/mol. The summed E-state index contributed by atoms with van der Waals surface area (Å²) < 4.78 is 0. The van der Waals surface area contributed by atoms with E-state index in [-0.39, 0.29) is 0 Å². The average molecular weight is 286 g/mol. The molecule has 0 heteroatoms. The van der Waals surface area contributed by atoms with E-state index in [0.717, 1.165) is 25.7 Å². The summed E-state index contributed by atoms with van der Waals surface area (Å²) in [5.74, 6) is 0. The predicted molar refractivity (Wildman–Crippen MR) is 95.0 cm³/mol. The first-order valence-corrected chi connectivity index (χ1v) is 8.26. The molecule has 0 bridgehead atoms. The molecule has 0 atom stereocenters. The van der Waals surface area contributed by atoms with Gasteiger partial charge in [0.05, 0.1) is 0 Å². The van der Waals surface area contributed by atoms with E-state index in [0.29, 0.717) is 0 Å². The zero-order valence-corrected chi connectivity index (χ0v) is 13.4. The molecule has 0 spiro atoms. The Hall–Kier alpha value is -2.08. The molecule has 0 heterocycles. The summed E-state index contributed by atoms with van der Waals surface area (Å²) >= 11 is 0. The van der Waals surface area contributed by atoms with Gasteiger partial charge in [-0.05, 0) is 72.9 Å². The van der Waals surface area contributed by atoms with Crippen LogP contribution in [0.2, 0.25) is 0 Å². The molecule has 2 aromatic carbocycles. The Balaban J connectivity index is 1.61. The van der Waals surface area contributed by atoms with Gasteiger partial charge in [-0.1, -0.05) is 59.7 Å². The molecule has 2 aliphatic rings. The fraction of sp³-hybridized carbons (Fsp3) is 0.273. The highest BCUT2D eigenvalue weighted by Crippen LogP contribution is 2.31. The molecule has 0 aliphatic heterocycles. The van der Waals surface area contributed by atoms with Crippen molar-refractivity contribution >= 4 is 12.2 Å². The van der Waals surface area contributed by atoms with Crippen LogP contribution in [-0.4, -0.2) is 0 Å². The van der Waals surface area contributed by atoms with Crippen molar-refractivity contribution in [3.05, 3.63) is 80.9 Å². The summed E-state index contributed by atoms with van der Waals surface area (Å²) in [6.45, 7) is 4.48. The summed E-state index contributed by atoms with van der Waals surface area (Å²) in [5.41, 5.74) is 12.0. The number of fused-ring (bicyclic) bond motifs is 2. The highest BCUT2D eigenvalue weighted by atomic mass is 14.2. The fourth-order valence-corrected chi connectivity index (χ4v) is 3.91. The van der Waals surface area contributed by atoms with Crippen LogP contribution in [0.25, 0.3) is 12.2 Å². The summed E-state index contributed by atoms with van der Waals surface area (Å²) in [5, 5.41) is 0. The quantitative estimate of drug-likeness (QED) is 0.709. The zero-order valence-electron chi connectivity index (χ0n) is 13.4. The van der Waals surface area contributed by atoms with Crippen molar-refractivity contribution < 1.29 is 0 Å². The Bertz CT molecular complexity index is 733. The monoisotopic (exact) mass is 286 g/mol. The molecule has 0 nitrogen and oxygen atoms in total. The molecule has 22 heavy (non-hydrogen) atoms. The molecule has 0 N–H and O–H groups in total. The largest absolute Gasteiger partial charge is 0.0683 e. The van der Waals surface area contributed by atoms with E-state index in [1.54, 1.807) is 0 Å². The van der Waals surface area contributed by atoms with Crippen molar-refractivity contribution in [1.82, 2.24) is 0 Å².